The van der Waals surface area contributed by atoms with E-state index in [0.29, 0.717) is 9.69 Å². The lowest BCUT2D eigenvalue weighted by Gasteiger charge is -2.07. The lowest BCUT2D eigenvalue weighted by Crippen LogP contribution is -2.32. The molecule has 0 unspecified atom stereocenters. The van der Waals surface area contributed by atoms with E-state index in [9.17, 15) is 14.4 Å². The third-order valence-electron chi connectivity index (χ3n) is 2.62. The number of hydrogen-bond acceptors (Lipinski definition) is 6. The molecule has 2 heterocycles. The van der Waals surface area contributed by atoms with Gasteiger partial charge in [0, 0.05) is 6.20 Å². The molecule has 0 aliphatic carbocycles. The molecule has 0 fully saturated rings. The van der Waals surface area contributed by atoms with Gasteiger partial charge in [-0.1, -0.05) is 23.2 Å². The summed E-state index contributed by atoms with van der Waals surface area (Å²) < 4.78 is 10.1. The van der Waals surface area contributed by atoms with Crippen LogP contribution in [0.3, 0.4) is 0 Å². The Hall–Kier alpha value is -2.10. The Morgan fingerprint density at radius 1 is 1.28 bits per heavy atom. The second kappa shape index (κ2) is 8.84. The van der Waals surface area contributed by atoms with Gasteiger partial charge in [-0.15, -0.1) is 0 Å². The van der Waals surface area contributed by atoms with Crippen LogP contribution in [0.2, 0.25) is 10.0 Å². The molecule has 2 rings (SSSR count). The molecule has 2 amide bonds. The highest BCUT2D eigenvalue weighted by molar-refractivity contribution is 9.10. The number of aromatic nitrogens is 1. The highest BCUT2D eigenvalue weighted by Crippen LogP contribution is 2.22. The van der Waals surface area contributed by atoms with Gasteiger partial charge < -0.3 is 19.8 Å². The van der Waals surface area contributed by atoms with E-state index in [0.717, 1.165) is 0 Å². The van der Waals surface area contributed by atoms with E-state index in [-0.39, 0.29) is 16.6 Å². The molecular weight excluding hydrogens is 441 g/mol. The summed E-state index contributed by atoms with van der Waals surface area (Å²) >= 11 is 14.6. The Balaban J connectivity index is 1.74. The number of anilines is 1. The van der Waals surface area contributed by atoms with Gasteiger partial charge in [0.1, 0.15) is 6.54 Å². The summed E-state index contributed by atoms with van der Waals surface area (Å²) in [6, 6.07) is 4.37. The summed E-state index contributed by atoms with van der Waals surface area (Å²) in [5.41, 5.74) is 0. The van der Waals surface area contributed by atoms with Crippen LogP contribution in [-0.2, 0) is 14.3 Å². The maximum atomic E-state index is 11.7. The van der Waals surface area contributed by atoms with E-state index >= 15 is 0 Å². The minimum atomic E-state index is -0.802. The van der Waals surface area contributed by atoms with Gasteiger partial charge in [-0.25, -0.2) is 4.98 Å². The Labute approximate surface area is 159 Å². The van der Waals surface area contributed by atoms with Crippen molar-refractivity contribution in [3.05, 3.63) is 44.9 Å². The number of nitrogens with one attached hydrogen (secondary N) is 2. The first-order valence-corrected chi connectivity index (χ1v) is 8.20. The van der Waals surface area contributed by atoms with Crippen LogP contribution in [0.5, 0.6) is 0 Å². The Bertz CT molecular complexity index is 812. The first-order valence-electron chi connectivity index (χ1n) is 6.65. The molecule has 2 N–H and O–H groups in total. The van der Waals surface area contributed by atoms with E-state index in [2.05, 4.69) is 31.5 Å². The highest BCUT2D eigenvalue weighted by atomic mass is 79.9. The molecule has 0 saturated heterocycles. The molecule has 0 aromatic carbocycles. The minimum Gasteiger partial charge on any atom is -0.454 e. The van der Waals surface area contributed by atoms with Gasteiger partial charge in [-0.2, -0.15) is 0 Å². The van der Waals surface area contributed by atoms with Crippen LogP contribution in [0.1, 0.15) is 10.6 Å². The van der Waals surface area contributed by atoms with Gasteiger partial charge in [0.25, 0.3) is 11.8 Å². The number of halogens is 3. The summed E-state index contributed by atoms with van der Waals surface area (Å²) in [7, 11) is 0. The Morgan fingerprint density at radius 3 is 2.68 bits per heavy atom. The van der Waals surface area contributed by atoms with Crippen molar-refractivity contribution >= 4 is 62.7 Å². The number of carbonyl (C=O) groups is 3. The van der Waals surface area contributed by atoms with Crippen LogP contribution >= 0.6 is 39.1 Å². The zero-order valence-corrected chi connectivity index (χ0v) is 15.4. The first kappa shape index (κ1) is 19.2. The first-order chi connectivity index (χ1) is 11.8. The quantitative estimate of drug-likeness (QED) is 0.654. The number of furan rings is 1. The number of esters is 1. The van der Waals surface area contributed by atoms with Crippen molar-refractivity contribution in [2.75, 3.05) is 18.5 Å². The summed E-state index contributed by atoms with van der Waals surface area (Å²) in [6.07, 6.45) is 1.30. The summed E-state index contributed by atoms with van der Waals surface area (Å²) in [5, 5.41) is 5.11. The van der Waals surface area contributed by atoms with E-state index in [1.165, 1.54) is 24.4 Å². The third kappa shape index (κ3) is 6.04. The minimum absolute atomic E-state index is 0.0286. The van der Waals surface area contributed by atoms with Crippen molar-refractivity contribution in [3.63, 3.8) is 0 Å². The second-order valence-corrected chi connectivity index (χ2v) is 6.10. The summed E-state index contributed by atoms with van der Waals surface area (Å²) in [6.45, 7) is -0.994. The van der Waals surface area contributed by atoms with Crippen molar-refractivity contribution < 1.29 is 23.5 Å². The zero-order valence-electron chi connectivity index (χ0n) is 12.3. The standard InChI is InChI=1S/C14H10BrCl2N3O5/c15-10-2-1-9(25-10)14(23)19-5-12(22)24-6-11(21)20-13-8(17)3-7(16)4-18-13/h1-4H,5-6H2,(H,19,23)(H,18,20,21). The van der Waals surface area contributed by atoms with Gasteiger partial charge in [0.2, 0.25) is 0 Å². The average Bonchev–Trinajstić information content (AvgIpc) is 3.00. The normalized spacial score (nSPS) is 10.2. The molecule has 8 nitrogen and oxygen atoms in total. The van der Waals surface area contributed by atoms with Crippen LogP contribution in [-0.4, -0.2) is 35.9 Å². The molecule has 0 bridgehead atoms. The van der Waals surface area contributed by atoms with Gasteiger partial charge in [-0.3, -0.25) is 14.4 Å². The molecule has 2 aromatic heterocycles. The lowest BCUT2D eigenvalue weighted by atomic mass is 10.4. The van der Waals surface area contributed by atoms with Gasteiger partial charge >= 0.3 is 5.97 Å². The SMILES string of the molecule is O=C(COC(=O)CNC(=O)c1ccc(Br)o1)Nc1ncc(Cl)cc1Cl. The number of carbonyl (C=O) groups excluding carboxylic acids is 3. The molecular formula is C14H10BrCl2N3O5. The Morgan fingerprint density at radius 2 is 2.04 bits per heavy atom. The number of pyridine rings is 1. The van der Waals surface area contributed by atoms with E-state index in [1.54, 1.807) is 0 Å². The molecule has 25 heavy (non-hydrogen) atoms. The topological polar surface area (TPSA) is 111 Å². The van der Waals surface area contributed by atoms with E-state index in [1.807, 2.05) is 0 Å². The molecule has 11 heteroatoms. The number of amides is 2. The van der Waals surface area contributed by atoms with Crippen molar-refractivity contribution in [1.29, 1.82) is 0 Å². The second-order valence-electron chi connectivity index (χ2n) is 4.48. The monoisotopic (exact) mass is 449 g/mol. The fraction of sp³-hybridized carbons (Fsp3) is 0.143. The fourth-order valence-electron chi connectivity index (χ4n) is 1.55. The number of hydrogen-bond donors (Lipinski definition) is 2. The van der Waals surface area contributed by atoms with Gasteiger partial charge in [0.05, 0.1) is 10.0 Å². The fourth-order valence-corrected chi connectivity index (χ4v) is 2.28. The van der Waals surface area contributed by atoms with Crippen molar-refractivity contribution in [1.82, 2.24) is 10.3 Å². The van der Waals surface area contributed by atoms with E-state index in [4.69, 9.17) is 32.4 Å². The molecule has 2 aromatic rings. The van der Waals surface area contributed by atoms with Crippen LogP contribution < -0.4 is 10.6 Å². The smallest absolute Gasteiger partial charge is 0.325 e. The maximum absolute atomic E-state index is 11.7. The third-order valence-corrected chi connectivity index (χ3v) is 3.54. The van der Waals surface area contributed by atoms with Crippen LogP contribution in [0.4, 0.5) is 5.82 Å². The van der Waals surface area contributed by atoms with Crippen LogP contribution in [0, 0.1) is 0 Å². The average molecular weight is 451 g/mol. The van der Waals surface area contributed by atoms with Crippen LogP contribution in [0.15, 0.2) is 33.5 Å². The molecule has 0 saturated carbocycles. The number of ether oxygens (including phenoxy) is 1. The Kier molecular flexibility index (Phi) is 6.80. The number of rotatable bonds is 6. The molecule has 0 atom stereocenters. The van der Waals surface area contributed by atoms with Gasteiger partial charge in [0.15, 0.2) is 22.9 Å². The maximum Gasteiger partial charge on any atom is 0.325 e. The molecule has 0 aliphatic rings. The zero-order chi connectivity index (χ0) is 18.4. The molecule has 0 aliphatic heterocycles. The summed E-state index contributed by atoms with van der Waals surface area (Å²) in [4.78, 5) is 38.7. The molecule has 132 valence electrons. The highest BCUT2D eigenvalue weighted by Gasteiger charge is 2.14. The predicted molar refractivity (Wildman–Crippen MR) is 92.6 cm³/mol. The largest absolute Gasteiger partial charge is 0.454 e. The van der Waals surface area contributed by atoms with E-state index < -0.39 is 30.9 Å². The van der Waals surface area contributed by atoms with Gasteiger partial charge in [-0.05, 0) is 34.1 Å². The van der Waals surface area contributed by atoms with Crippen LogP contribution in [0.25, 0.3) is 0 Å². The number of nitrogens with zero attached hydrogens (tertiary/aromatic N) is 1. The summed E-state index contributed by atoms with van der Waals surface area (Å²) in [5.74, 6) is -1.93. The predicted octanol–water partition coefficient (Wildman–Crippen LogP) is 2.66. The molecule has 0 radical (unpaired) electrons. The van der Waals surface area contributed by atoms with Crippen molar-refractivity contribution in [3.8, 4) is 0 Å². The van der Waals surface area contributed by atoms with Crippen molar-refractivity contribution in [2.24, 2.45) is 0 Å². The van der Waals surface area contributed by atoms with Crippen molar-refractivity contribution in [2.45, 2.75) is 0 Å². The lowest BCUT2D eigenvalue weighted by molar-refractivity contribution is -0.146. The molecule has 0 spiro atoms.